The maximum atomic E-state index is 6.13. The molecule has 0 saturated heterocycles. The van der Waals surface area contributed by atoms with Gasteiger partial charge >= 0.3 is 0 Å². The molecule has 0 atom stereocenters. The van der Waals surface area contributed by atoms with E-state index < -0.39 is 0 Å². The van der Waals surface area contributed by atoms with Gasteiger partial charge in [0.1, 0.15) is 0 Å². The lowest BCUT2D eigenvalue weighted by Crippen LogP contribution is -2.28. The standard InChI is InChI=1S/C14H18ClN3/c1-10-4-5-11(8-12(10)15)18-7-6-13(17-18)14(2,3)9-16/h4-8H,9,16H2,1-3H3. The van der Waals surface area contributed by atoms with E-state index in [1.165, 1.54) is 0 Å². The molecule has 96 valence electrons. The molecule has 0 unspecified atom stereocenters. The van der Waals surface area contributed by atoms with Crippen LogP contribution in [0.4, 0.5) is 0 Å². The summed E-state index contributed by atoms with van der Waals surface area (Å²) in [5.74, 6) is 0. The summed E-state index contributed by atoms with van der Waals surface area (Å²) in [7, 11) is 0. The van der Waals surface area contributed by atoms with E-state index in [1.54, 1.807) is 0 Å². The zero-order chi connectivity index (χ0) is 13.3. The van der Waals surface area contributed by atoms with Gasteiger partial charge in [-0.3, -0.25) is 0 Å². The lowest BCUT2D eigenvalue weighted by Gasteiger charge is -2.19. The molecule has 18 heavy (non-hydrogen) atoms. The molecule has 1 heterocycles. The van der Waals surface area contributed by atoms with E-state index in [0.29, 0.717) is 6.54 Å². The Labute approximate surface area is 113 Å². The first-order chi connectivity index (χ1) is 8.44. The average molecular weight is 264 g/mol. The van der Waals surface area contributed by atoms with Crippen LogP contribution in [0.2, 0.25) is 5.02 Å². The van der Waals surface area contributed by atoms with E-state index in [2.05, 4.69) is 18.9 Å². The van der Waals surface area contributed by atoms with Gasteiger partial charge in [-0.15, -0.1) is 0 Å². The van der Waals surface area contributed by atoms with Crippen molar-refractivity contribution in [3.8, 4) is 5.69 Å². The minimum atomic E-state index is -0.111. The quantitative estimate of drug-likeness (QED) is 0.925. The summed E-state index contributed by atoms with van der Waals surface area (Å²) in [4.78, 5) is 0. The number of hydrogen-bond acceptors (Lipinski definition) is 2. The van der Waals surface area contributed by atoms with Gasteiger partial charge in [-0.2, -0.15) is 5.10 Å². The minimum absolute atomic E-state index is 0.111. The molecule has 0 radical (unpaired) electrons. The third-order valence-electron chi connectivity index (χ3n) is 3.21. The van der Waals surface area contributed by atoms with Crippen molar-refractivity contribution in [3.63, 3.8) is 0 Å². The van der Waals surface area contributed by atoms with Crippen molar-refractivity contribution in [2.45, 2.75) is 26.2 Å². The molecule has 0 fully saturated rings. The summed E-state index contributed by atoms with van der Waals surface area (Å²) in [6.07, 6.45) is 1.94. The van der Waals surface area contributed by atoms with Gasteiger partial charge in [0.15, 0.2) is 0 Å². The molecule has 1 aromatic carbocycles. The second kappa shape index (κ2) is 4.75. The molecule has 0 bridgehead atoms. The van der Waals surface area contributed by atoms with Crippen LogP contribution in [-0.4, -0.2) is 16.3 Å². The number of nitrogens with two attached hydrogens (primary N) is 1. The Morgan fingerprint density at radius 3 is 2.67 bits per heavy atom. The predicted octanol–water partition coefficient (Wildman–Crippen LogP) is 3.07. The largest absolute Gasteiger partial charge is 0.330 e. The molecule has 0 saturated carbocycles. The Bertz CT molecular complexity index is 558. The molecule has 0 aliphatic heterocycles. The highest BCUT2D eigenvalue weighted by atomic mass is 35.5. The summed E-state index contributed by atoms with van der Waals surface area (Å²) >= 11 is 6.13. The maximum Gasteiger partial charge on any atom is 0.0697 e. The lowest BCUT2D eigenvalue weighted by atomic mass is 9.90. The molecule has 0 spiro atoms. The number of aromatic nitrogens is 2. The van der Waals surface area contributed by atoms with Crippen LogP contribution in [-0.2, 0) is 5.41 Å². The van der Waals surface area contributed by atoms with Gasteiger partial charge in [-0.1, -0.05) is 31.5 Å². The van der Waals surface area contributed by atoms with Crippen molar-refractivity contribution in [1.29, 1.82) is 0 Å². The zero-order valence-electron chi connectivity index (χ0n) is 10.9. The third-order valence-corrected chi connectivity index (χ3v) is 3.62. The van der Waals surface area contributed by atoms with Gasteiger partial charge in [0.2, 0.25) is 0 Å². The summed E-state index contributed by atoms with van der Waals surface area (Å²) in [6, 6.07) is 7.92. The van der Waals surface area contributed by atoms with E-state index in [4.69, 9.17) is 17.3 Å². The Balaban J connectivity index is 2.38. The van der Waals surface area contributed by atoms with Crippen molar-refractivity contribution in [2.75, 3.05) is 6.54 Å². The Kier molecular flexibility index (Phi) is 3.46. The number of nitrogens with zero attached hydrogens (tertiary/aromatic N) is 2. The summed E-state index contributed by atoms with van der Waals surface area (Å²) in [5, 5.41) is 5.32. The topological polar surface area (TPSA) is 43.8 Å². The zero-order valence-corrected chi connectivity index (χ0v) is 11.7. The summed E-state index contributed by atoms with van der Waals surface area (Å²) in [6.45, 7) is 6.72. The molecular formula is C14H18ClN3. The number of hydrogen-bond donors (Lipinski definition) is 1. The highest BCUT2D eigenvalue weighted by Crippen LogP contribution is 2.22. The summed E-state index contributed by atoms with van der Waals surface area (Å²) < 4.78 is 1.83. The second-order valence-corrected chi connectivity index (χ2v) is 5.57. The maximum absolute atomic E-state index is 6.13. The van der Waals surface area contributed by atoms with Crippen molar-refractivity contribution >= 4 is 11.6 Å². The molecule has 0 aliphatic rings. The number of benzene rings is 1. The van der Waals surface area contributed by atoms with Crippen molar-refractivity contribution in [1.82, 2.24) is 9.78 Å². The SMILES string of the molecule is Cc1ccc(-n2ccc(C(C)(C)CN)n2)cc1Cl. The van der Waals surface area contributed by atoms with Gasteiger partial charge < -0.3 is 5.73 Å². The normalized spacial score (nSPS) is 11.8. The molecule has 2 N–H and O–H groups in total. The van der Waals surface area contributed by atoms with Crippen molar-refractivity contribution < 1.29 is 0 Å². The predicted molar refractivity (Wildman–Crippen MR) is 75.4 cm³/mol. The number of halogens is 1. The molecule has 0 amide bonds. The molecular weight excluding hydrogens is 246 g/mol. The molecule has 2 aromatic rings. The highest BCUT2D eigenvalue weighted by Gasteiger charge is 2.21. The summed E-state index contributed by atoms with van der Waals surface area (Å²) in [5.41, 5.74) is 8.66. The first-order valence-electron chi connectivity index (χ1n) is 5.97. The first kappa shape index (κ1) is 13.1. The van der Waals surface area contributed by atoms with Crippen LogP contribution < -0.4 is 5.73 Å². The van der Waals surface area contributed by atoms with E-state index >= 15 is 0 Å². The molecule has 4 heteroatoms. The van der Waals surface area contributed by atoms with Gasteiger partial charge in [0.05, 0.1) is 11.4 Å². The van der Waals surface area contributed by atoms with Crippen LogP contribution in [0.1, 0.15) is 25.1 Å². The van der Waals surface area contributed by atoms with Crippen LogP contribution in [0.3, 0.4) is 0 Å². The average Bonchev–Trinajstić information content (AvgIpc) is 2.83. The Morgan fingerprint density at radius 1 is 1.33 bits per heavy atom. The van der Waals surface area contributed by atoms with E-state index in [-0.39, 0.29) is 5.41 Å². The molecule has 0 aliphatic carbocycles. The van der Waals surface area contributed by atoms with Gasteiger partial charge in [-0.05, 0) is 30.7 Å². The third kappa shape index (κ3) is 2.42. The molecule has 3 nitrogen and oxygen atoms in total. The van der Waals surface area contributed by atoms with Gasteiger partial charge in [0.25, 0.3) is 0 Å². The van der Waals surface area contributed by atoms with Crippen LogP contribution in [0.15, 0.2) is 30.5 Å². The van der Waals surface area contributed by atoms with Crippen molar-refractivity contribution in [3.05, 3.63) is 46.7 Å². The minimum Gasteiger partial charge on any atom is -0.330 e. The Morgan fingerprint density at radius 2 is 2.06 bits per heavy atom. The molecule has 2 rings (SSSR count). The van der Waals surface area contributed by atoms with Crippen molar-refractivity contribution in [2.24, 2.45) is 5.73 Å². The van der Waals surface area contributed by atoms with E-state index in [0.717, 1.165) is 22.0 Å². The second-order valence-electron chi connectivity index (χ2n) is 5.17. The van der Waals surface area contributed by atoms with Gasteiger partial charge in [0, 0.05) is 23.2 Å². The monoisotopic (exact) mass is 263 g/mol. The molecule has 1 aromatic heterocycles. The smallest absolute Gasteiger partial charge is 0.0697 e. The fourth-order valence-corrected chi connectivity index (χ4v) is 1.83. The number of aryl methyl sites for hydroxylation is 1. The van der Waals surface area contributed by atoms with Crippen LogP contribution in [0, 0.1) is 6.92 Å². The lowest BCUT2D eigenvalue weighted by molar-refractivity contribution is 0.516. The fourth-order valence-electron chi connectivity index (χ4n) is 1.66. The number of rotatable bonds is 3. The Hall–Kier alpha value is -1.32. The van der Waals surface area contributed by atoms with Gasteiger partial charge in [-0.25, -0.2) is 4.68 Å². The van der Waals surface area contributed by atoms with E-state index in [9.17, 15) is 0 Å². The fraction of sp³-hybridized carbons (Fsp3) is 0.357. The first-order valence-corrected chi connectivity index (χ1v) is 6.34. The van der Waals surface area contributed by atoms with Crippen LogP contribution in [0.5, 0.6) is 0 Å². The highest BCUT2D eigenvalue weighted by molar-refractivity contribution is 6.31. The van der Waals surface area contributed by atoms with Crippen LogP contribution in [0.25, 0.3) is 5.69 Å². The van der Waals surface area contributed by atoms with Crippen LogP contribution >= 0.6 is 11.6 Å². The van der Waals surface area contributed by atoms with E-state index in [1.807, 2.05) is 42.1 Å².